The SMILES string of the molecule is CCCC.Cc1ncc(-c2cc(O)c(-c3ccc(N4CCC(C)C4)nn3)cc2F)s1.NCC1CC1. The Bertz CT molecular complexity index is 1070. The van der Waals surface area contributed by atoms with Crippen LogP contribution < -0.4 is 10.6 Å². The van der Waals surface area contributed by atoms with Gasteiger partial charge in [0.2, 0.25) is 0 Å². The van der Waals surface area contributed by atoms with Crippen molar-refractivity contribution in [1.29, 1.82) is 0 Å². The molecule has 2 aromatic heterocycles. The number of hydrogen-bond donors (Lipinski definition) is 2. The summed E-state index contributed by atoms with van der Waals surface area (Å²) in [6.45, 7) is 11.3. The highest BCUT2D eigenvalue weighted by Gasteiger charge is 2.21. The second-order valence-corrected chi connectivity index (χ2v) is 10.6. The maximum Gasteiger partial charge on any atom is 0.151 e. The van der Waals surface area contributed by atoms with Crippen LogP contribution >= 0.6 is 11.3 Å². The van der Waals surface area contributed by atoms with Crippen LogP contribution in [0.25, 0.3) is 21.7 Å². The first-order valence-electron chi connectivity index (χ1n) is 12.6. The number of halogens is 1. The molecule has 1 aliphatic heterocycles. The van der Waals surface area contributed by atoms with Gasteiger partial charge in [0.15, 0.2) is 5.82 Å². The van der Waals surface area contributed by atoms with Gasteiger partial charge in [0.05, 0.1) is 15.6 Å². The Morgan fingerprint density at radius 3 is 2.31 bits per heavy atom. The molecule has 1 atom stereocenters. The van der Waals surface area contributed by atoms with Crippen LogP contribution in [0.1, 0.15) is 57.9 Å². The standard InChI is InChI=1S/C19H19FN4OS.C4H9N.C4H10/c1-11-5-6-24(10-11)19-4-3-16(22-23-19)14-7-15(20)13(8-17(14)25)18-9-21-12(2)26-18;5-3-4-1-2-4;1-3-4-2/h3-4,7-9,11,25H,5-6,10H2,1-2H3;4H,1-3,5H2;3-4H2,1-2H3. The summed E-state index contributed by atoms with van der Waals surface area (Å²) in [5.41, 5.74) is 6.36. The van der Waals surface area contributed by atoms with Crippen LogP contribution in [0.4, 0.5) is 10.2 Å². The minimum Gasteiger partial charge on any atom is -0.507 e. The van der Waals surface area contributed by atoms with Crippen molar-refractivity contribution in [3.05, 3.63) is 41.3 Å². The van der Waals surface area contributed by atoms with Crippen molar-refractivity contribution in [2.45, 2.75) is 59.8 Å². The van der Waals surface area contributed by atoms with Crippen LogP contribution in [0.15, 0.2) is 30.5 Å². The molecule has 6 nitrogen and oxygen atoms in total. The zero-order valence-electron chi connectivity index (χ0n) is 21.3. The summed E-state index contributed by atoms with van der Waals surface area (Å²) in [6, 6.07) is 6.38. The molecule has 0 amide bonds. The Labute approximate surface area is 212 Å². The Morgan fingerprint density at radius 1 is 1.11 bits per heavy atom. The molecule has 1 aromatic carbocycles. The van der Waals surface area contributed by atoms with Crippen LogP contribution in [0.5, 0.6) is 5.75 Å². The highest BCUT2D eigenvalue weighted by Crippen LogP contribution is 2.37. The van der Waals surface area contributed by atoms with Crippen molar-refractivity contribution in [1.82, 2.24) is 15.2 Å². The second kappa shape index (κ2) is 12.9. The molecular formula is C27H38FN5OS. The molecule has 8 heteroatoms. The summed E-state index contributed by atoms with van der Waals surface area (Å²) >= 11 is 1.39. The normalized spacial score (nSPS) is 16.9. The van der Waals surface area contributed by atoms with Gasteiger partial charge in [-0.25, -0.2) is 9.37 Å². The van der Waals surface area contributed by atoms with Crippen LogP contribution in [0.2, 0.25) is 0 Å². The number of aryl methyl sites for hydroxylation is 1. The van der Waals surface area contributed by atoms with Crippen molar-refractivity contribution in [3.8, 4) is 27.4 Å². The van der Waals surface area contributed by atoms with Gasteiger partial charge < -0.3 is 15.7 Å². The molecule has 1 saturated heterocycles. The second-order valence-electron chi connectivity index (χ2n) is 9.39. The van der Waals surface area contributed by atoms with Crippen LogP contribution in [0.3, 0.4) is 0 Å². The number of aromatic hydroxyl groups is 1. The van der Waals surface area contributed by atoms with Gasteiger partial charge in [-0.1, -0.05) is 33.6 Å². The first-order valence-corrected chi connectivity index (χ1v) is 13.4. The first kappa shape index (κ1) is 27.0. The van der Waals surface area contributed by atoms with Gasteiger partial charge >= 0.3 is 0 Å². The van der Waals surface area contributed by atoms with E-state index in [0.29, 0.717) is 27.6 Å². The van der Waals surface area contributed by atoms with Gasteiger partial charge in [-0.05, 0) is 68.8 Å². The average Bonchev–Trinajstić information content (AvgIpc) is 3.47. The number of aromatic nitrogens is 3. The first-order chi connectivity index (χ1) is 16.9. The number of nitrogens with two attached hydrogens (primary N) is 1. The van der Waals surface area contributed by atoms with E-state index in [0.717, 1.165) is 42.8 Å². The van der Waals surface area contributed by atoms with Gasteiger partial charge in [0.1, 0.15) is 11.6 Å². The smallest absolute Gasteiger partial charge is 0.151 e. The van der Waals surface area contributed by atoms with E-state index in [4.69, 9.17) is 5.73 Å². The Morgan fingerprint density at radius 2 is 1.86 bits per heavy atom. The Kier molecular flexibility index (Phi) is 9.98. The lowest BCUT2D eigenvalue weighted by molar-refractivity contribution is 0.475. The molecule has 3 heterocycles. The maximum absolute atomic E-state index is 14.6. The molecule has 1 aliphatic carbocycles. The molecule has 1 unspecified atom stereocenters. The Balaban J connectivity index is 0.000000322. The van der Waals surface area contributed by atoms with Gasteiger partial charge in [-0.15, -0.1) is 21.5 Å². The fourth-order valence-corrected chi connectivity index (χ4v) is 4.37. The molecule has 3 aromatic rings. The van der Waals surface area contributed by atoms with Gasteiger partial charge in [-0.3, -0.25) is 0 Å². The number of phenolic OH excluding ortho intramolecular Hbond substituents is 1. The quantitative estimate of drug-likeness (QED) is 0.421. The van der Waals surface area contributed by atoms with Gasteiger partial charge in [0.25, 0.3) is 0 Å². The average molecular weight is 500 g/mol. The number of rotatable bonds is 5. The summed E-state index contributed by atoms with van der Waals surface area (Å²) in [4.78, 5) is 7.02. The monoisotopic (exact) mass is 499 g/mol. The van der Waals surface area contributed by atoms with Crippen LogP contribution in [0, 0.1) is 24.6 Å². The summed E-state index contributed by atoms with van der Waals surface area (Å²) in [7, 11) is 0. The minimum atomic E-state index is -0.416. The third kappa shape index (κ3) is 7.70. The summed E-state index contributed by atoms with van der Waals surface area (Å²) in [6.07, 6.45) is 8.17. The van der Waals surface area contributed by atoms with Crippen LogP contribution in [-0.2, 0) is 0 Å². The number of nitrogens with zero attached hydrogens (tertiary/aromatic N) is 4. The number of anilines is 1. The minimum absolute atomic E-state index is 0.0238. The lowest BCUT2D eigenvalue weighted by Gasteiger charge is -2.16. The van der Waals surface area contributed by atoms with E-state index in [-0.39, 0.29) is 5.75 Å². The molecule has 190 valence electrons. The van der Waals surface area contributed by atoms with E-state index in [2.05, 4.69) is 40.9 Å². The highest BCUT2D eigenvalue weighted by molar-refractivity contribution is 7.15. The number of benzene rings is 1. The lowest BCUT2D eigenvalue weighted by atomic mass is 10.1. The van der Waals surface area contributed by atoms with E-state index in [1.165, 1.54) is 49.2 Å². The fraction of sp³-hybridized carbons (Fsp3) is 0.519. The molecule has 2 fully saturated rings. The molecule has 2 aliphatic rings. The molecule has 0 radical (unpaired) electrons. The fourth-order valence-electron chi connectivity index (χ4n) is 3.58. The van der Waals surface area contributed by atoms with Crippen molar-refractivity contribution < 1.29 is 9.50 Å². The summed E-state index contributed by atoms with van der Waals surface area (Å²) < 4.78 is 14.6. The Hall–Kier alpha value is -2.58. The lowest BCUT2D eigenvalue weighted by Crippen LogP contribution is -2.20. The van der Waals surface area contributed by atoms with E-state index >= 15 is 0 Å². The molecular weight excluding hydrogens is 461 g/mol. The zero-order valence-corrected chi connectivity index (χ0v) is 22.1. The van der Waals surface area contributed by atoms with Crippen molar-refractivity contribution in [3.63, 3.8) is 0 Å². The molecule has 1 saturated carbocycles. The van der Waals surface area contributed by atoms with Crippen molar-refractivity contribution >= 4 is 17.2 Å². The number of thiazole rings is 1. The van der Waals surface area contributed by atoms with E-state index in [1.54, 1.807) is 12.3 Å². The zero-order chi connectivity index (χ0) is 25.4. The topological polar surface area (TPSA) is 88.2 Å². The van der Waals surface area contributed by atoms with E-state index < -0.39 is 5.82 Å². The van der Waals surface area contributed by atoms with Crippen LogP contribution in [-0.4, -0.2) is 39.9 Å². The summed E-state index contributed by atoms with van der Waals surface area (Å²) in [5.74, 6) is 1.94. The number of phenols is 1. The third-order valence-electron chi connectivity index (χ3n) is 6.18. The molecule has 5 rings (SSSR count). The van der Waals surface area contributed by atoms with Gasteiger partial charge in [0, 0.05) is 30.4 Å². The molecule has 0 bridgehead atoms. The predicted molar refractivity (Wildman–Crippen MR) is 143 cm³/mol. The van der Waals surface area contributed by atoms with E-state index in [9.17, 15) is 9.50 Å². The maximum atomic E-state index is 14.6. The highest BCUT2D eigenvalue weighted by atomic mass is 32.1. The van der Waals surface area contributed by atoms with E-state index in [1.807, 2.05) is 13.0 Å². The van der Waals surface area contributed by atoms with Crippen molar-refractivity contribution in [2.24, 2.45) is 17.6 Å². The number of hydrogen-bond acceptors (Lipinski definition) is 7. The largest absolute Gasteiger partial charge is 0.507 e. The summed E-state index contributed by atoms with van der Waals surface area (Å²) in [5, 5.41) is 19.7. The predicted octanol–water partition coefficient (Wildman–Crippen LogP) is 6.43. The number of unbranched alkanes of at least 4 members (excludes halogenated alkanes) is 1. The molecule has 35 heavy (non-hydrogen) atoms. The van der Waals surface area contributed by atoms with Gasteiger partial charge in [-0.2, -0.15) is 0 Å². The van der Waals surface area contributed by atoms with Crippen molar-refractivity contribution in [2.75, 3.05) is 24.5 Å². The molecule has 3 N–H and O–H groups in total. The molecule has 0 spiro atoms. The third-order valence-corrected chi connectivity index (χ3v) is 7.12.